The molecule has 0 unspecified atom stereocenters. The molecule has 3 nitrogen and oxygen atoms in total. The lowest BCUT2D eigenvalue weighted by Gasteiger charge is -2.14. The summed E-state index contributed by atoms with van der Waals surface area (Å²) in [6.07, 6.45) is 3.49. The summed E-state index contributed by atoms with van der Waals surface area (Å²) < 4.78 is 13.7. The Labute approximate surface area is 121 Å². The molecule has 0 aliphatic carbocycles. The van der Waals surface area contributed by atoms with Gasteiger partial charge in [0.1, 0.15) is 5.82 Å². The molecule has 1 fully saturated rings. The van der Waals surface area contributed by atoms with Crippen LogP contribution in [-0.2, 0) is 0 Å². The third-order valence-corrected chi connectivity index (χ3v) is 4.00. The summed E-state index contributed by atoms with van der Waals surface area (Å²) in [6.45, 7) is 3.98. The molecule has 1 aromatic rings. The highest BCUT2D eigenvalue weighted by Gasteiger charge is 2.12. The summed E-state index contributed by atoms with van der Waals surface area (Å²) in [4.78, 5) is 14.3. The minimum absolute atomic E-state index is 0.229. The second kappa shape index (κ2) is 7.01. The van der Waals surface area contributed by atoms with Crippen molar-refractivity contribution in [3.05, 3.63) is 34.1 Å². The van der Waals surface area contributed by atoms with Gasteiger partial charge in [0.2, 0.25) is 0 Å². The summed E-state index contributed by atoms with van der Waals surface area (Å²) >= 11 is 3.26. The first-order chi connectivity index (χ1) is 9.16. The molecule has 0 aromatic heterocycles. The Kier molecular flexibility index (Phi) is 5.34. The molecular weight excluding hydrogens is 311 g/mol. The van der Waals surface area contributed by atoms with E-state index in [1.165, 1.54) is 38.1 Å². The van der Waals surface area contributed by atoms with Gasteiger partial charge in [0.25, 0.3) is 5.91 Å². The van der Waals surface area contributed by atoms with E-state index in [2.05, 4.69) is 26.1 Å². The third kappa shape index (κ3) is 4.28. The van der Waals surface area contributed by atoms with Crippen LogP contribution < -0.4 is 5.32 Å². The van der Waals surface area contributed by atoms with Crippen LogP contribution in [0.15, 0.2) is 22.7 Å². The first kappa shape index (κ1) is 14.5. The molecule has 1 N–H and O–H groups in total. The molecule has 2 rings (SSSR count). The number of nitrogens with one attached hydrogen (secondary N) is 1. The lowest BCUT2D eigenvalue weighted by atomic mass is 10.2. The number of nitrogens with zero attached hydrogens (tertiary/aromatic N) is 1. The second-order valence-corrected chi connectivity index (χ2v) is 5.64. The van der Waals surface area contributed by atoms with Crippen LogP contribution in [-0.4, -0.2) is 37.0 Å². The van der Waals surface area contributed by atoms with Gasteiger partial charge >= 0.3 is 0 Å². The van der Waals surface area contributed by atoms with Crippen molar-refractivity contribution in [1.82, 2.24) is 10.2 Å². The Morgan fingerprint density at radius 3 is 2.84 bits per heavy atom. The lowest BCUT2D eigenvalue weighted by Crippen LogP contribution is -2.28. The summed E-state index contributed by atoms with van der Waals surface area (Å²) in [7, 11) is 0. The number of hydrogen-bond donors (Lipinski definition) is 1. The van der Waals surface area contributed by atoms with Crippen LogP contribution in [0, 0.1) is 5.82 Å². The number of benzene rings is 1. The first-order valence-corrected chi connectivity index (χ1v) is 7.42. The summed E-state index contributed by atoms with van der Waals surface area (Å²) in [6, 6.07) is 4.13. The fraction of sp³-hybridized carbons (Fsp3) is 0.500. The number of likely N-dealkylation sites (tertiary alicyclic amines) is 1. The minimum Gasteiger partial charge on any atom is -0.352 e. The smallest absolute Gasteiger partial charge is 0.252 e. The van der Waals surface area contributed by atoms with E-state index in [0.29, 0.717) is 16.6 Å². The molecule has 1 saturated heterocycles. The summed E-state index contributed by atoms with van der Waals surface area (Å²) in [5.41, 5.74) is 0.348. The zero-order valence-corrected chi connectivity index (χ0v) is 12.4. The van der Waals surface area contributed by atoms with Crippen LogP contribution >= 0.6 is 15.9 Å². The van der Waals surface area contributed by atoms with Gasteiger partial charge in [-0.05, 0) is 73.0 Å². The van der Waals surface area contributed by atoms with Gasteiger partial charge in [0, 0.05) is 11.0 Å². The third-order valence-electron chi connectivity index (χ3n) is 3.31. The SMILES string of the molecule is O=C(NCCCN1CCCC1)c1cc(F)ccc1Br. The molecule has 0 bridgehead atoms. The van der Waals surface area contributed by atoms with Crippen LogP contribution in [0.2, 0.25) is 0 Å². The number of rotatable bonds is 5. The van der Waals surface area contributed by atoms with Crippen LogP contribution in [0.1, 0.15) is 29.6 Å². The molecule has 1 aromatic carbocycles. The molecule has 5 heteroatoms. The standard InChI is InChI=1S/C14H18BrFN2O/c15-13-5-4-11(16)10-12(13)14(19)17-6-3-9-18-7-1-2-8-18/h4-5,10H,1-3,6-9H2,(H,17,19). The van der Waals surface area contributed by atoms with Crippen molar-refractivity contribution in [3.8, 4) is 0 Å². The molecule has 0 radical (unpaired) electrons. The maximum atomic E-state index is 13.1. The van der Waals surface area contributed by atoms with Crippen molar-refractivity contribution in [2.24, 2.45) is 0 Å². The van der Waals surface area contributed by atoms with Crippen molar-refractivity contribution in [3.63, 3.8) is 0 Å². The molecular formula is C14H18BrFN2O. The maximum absolute atomic E-state index is 13.1. The van der Waals surface area contributed by atoms with E-state index >= 15 is 0 Å². The quantitative estimate of drug-likeness (QED) is 0.843. The van der Waals surface area contributed by atoms with Crippen molar-refractivity contribution < 1.29 is 9.18 Å². The highest BCUT2D eigenvalue weighted by atomic mass is 79.9. The van der Waals surface area contributed by atoms with Crippen LogP contribution in [0.4, 0.5) is 4.39 Å². The molecule has 1 aliphatic rings. The number of carbonyl (C=O) groups excluding carboxylic acids is 1. The average molecular weight is 329 g/mol. The van der Waals surface area contributed by atoms with Gasteiger partial charge < -0.3 is 10.2 Å². The van der Waals surface area contributed by atoms with E-state index < -0.39 is 5.82 Å². The van der Waals surface area contributed by atoms with E-state index in [1.807, 2.05) is 0 Å². The van der Waals surface area contributed by atoms with Gasteiger partial charge in [-0.25, -0.2) is 4.39 Å². The van der Waals surface area contributed by atoms with Gasteiger partial charge in [0.15, 0.2) is 0 Å². The van der Waals surface area contributed by atoms with Crippen molar-refractivity contribution in [2.45, 2.75) is 19.3 Å². The fourth-order valence-corrected chi connectivity index (χ4v) is 2.70. The van der Waals surface area contributed by atoms with Crippen molar-refractivity contribution in [1.29, 1.82) is 0 Å². The van der Waals surface area contributed by atoms with Gasteiger partial charge in [-0.2, -0.15) is 0 Å². The molecule has 0 atom stereocenters. The van der Waals surface area contributed by atoms with Gasteiger partial charge in [0.05, 0.1) is 5.56 Å². The van der Waals surface area contributed by atoms with Gasteiger partial charge in [-0.1, -0.05) is 0 Å². The van der Waals surface area contributed by atoms with Crippen molar-refractivity contribution in [2.75, 3.05) is 26.2 Å². The second-order valence-electron chi connectivity index (χ2n) is 4.78. The molecule has 1 heterocycles. The number of amides is 1. The number of carbonyl (C=O) groups is 1. The molecule has 104 valence electrons. The van der Waals surface area contributed by atoms with E-state index in [4.69, 9.17) is 0 Å². The number of halogens is 2. The molecule has 1 amide bonds. The Hall–Kier alpha value is -0.940. The highest BCUT2D eigenvalue weighted by Crippen LogP contribution is 2.17. The Balaban J connectivity index is 1.75. The topological polar surface area (TPSA) is 32.3 Å². The van der Waals surface area contributed by atoms with Crippen LogP contribution in [0.3, 0.4) is 0 Å². The van der Waals surface area contributed by atoms with Crippen LogP contribution in [0.5, 0.6) is 0 Å². The highest BCUT2D eigenvalue weighted by molar-refractivity contribution is 9.10. The van der Waals surface area contributed by atoms with E-state index in [9.17, 15) is 9.18 Å². The molecule has 0 saturated carbocycles. The number of hydrogen-bond acceptors (Lipinski definition) is 2. The zero-order valence-electron chi connectivity index (χ0n) is 10.8. The predicted octanol–water partition coefficient (Wildman–Crippen LogP) is 2.80. The van der Waals surface area contributed by atoms with Gasteiger partial charge in [-0.3, -0.25) is 4.79 Å². The maximum Gasteiger partial charge on any atom is 0.252 e. The average Bonchev–Trinajstić information content (AvgIpc) is 2.90. The Morgan fingerprint density at radius 1 is 1.37 bits per heavy atom. The zero-order chi connectivity index (χ0) is 13.7. The Bertz CT molecular complexity index is 447. The van der Waals surface area contributed by atoms with Crippen molar-refractivity contribution >= 4 is 21.8 Å². The summed E-state index contributed by atoms with van der Waals surface area (Å²) in [5, 5.41) is 2.83. The van der Waals surface area contributed by atoms with Crippen LogP contribution in [0.25, 0.3) is 0 Å². The molecule has 1 aliphatic heterocycles. The normalized spacial score (nSPS) is 15.7. The van der Waals surface area contributed by atoms with Gasteiger partial charge in [-0.15, -0.1) is 0 Å². The first-order valence-electron chi connectivity index (χ1n) is 6.62. The van der Waals surface area contributed by atoms with E-state index in [1.54, 1.807) is 6.07 Å². The predicted molar refractivity (Wildman–Crippen MR) is 76.7 cm³/mol. The van der Waals surface area contributed by atoms with E-state index in [-0.39, 0.29) is 5.91 Å². The molecule has 19 heavy (non-hydrogen) atoms. The monoisotopic (exact) mass is 328 g/mol. The molecule has 0 spiro atoms. The van der Waals surface area contributed by atoms with E-state index in [0.717, 1.165) is 13.0 Å². The minimum atomic E-state index is -0.398. The summed E-state index contributed by atoms with van der Waals surface area (Å²) in [5.74, 6) is -0.627. The Morgan fingerprint density at radius 2 is 2.11 bits per heavy atom. The lowest BCUT2D eigenvalue weighted by molar-refractivity contribution is 0.0951. The largest absolute Gasteiger partial charge is 0.352 e. The fourth-order valence-electron chi connectivity index (χ4n) is 2.28.